The van der Waals surface area contributed by atoms with E-state index in [1.807, 2.05) is 0 Å². The fraction of sp³-hybridized carbons (Fsp3) is 0.300. The van der Waals surface area contributed by atoms with Crippen molar-refractivity contribution in [3.63, 3.8) is 0 Å². The van der Waals surface area contributed by atoms with Crippen molar-refractivity contribution >= 4 is 34.2 Å². The molecule has 2 rings (SSSR count). The number of imidazole rings is 1. The molecule has 0 radical (unpaired) electrons. The summed E-state index contributed by atoms with van der Waals surface area (Å²) in [5, 5.41) is 9.64. The monoisotopic (exact) mass is 260 g/mol. The Bertz CT molecular complexity index is 499. The van der Waals surface area contributed by atoms with Crippen molar-refractivity contribution in [1.82, 2.24) is 9.97 Å². The van der Waals surface area contributed by atoms with Crippen molar-refractivity contribution in [1.29, 1.82) is 0 Å². The molecule has 1 aromatic carbocycles. The van der Waals surface area contributed by atoms with Crippen LogP contribution in [-0.2, 0) is 11.3 Å². The smallest absolute Gasteiger partial charge is 0.133 e. The maximum atomic E-state index is 8.57. The van der Waals surface area contributed by atoms with E-state index in [0.29, 0.717) is 28.0 Å². The Morgan fingerprint density at radius 2 is 2.19 bits per heavy atom. The van der Waals surface area contributed by atoms with Crippen molar-refractivity contribution < 1.29 is 9.84 Å². The summed E-state index contributed by atoms with van der Waals surface area (Å²) < 4.78 is 5.15. The van der Waals surface area contributed by atoms with Gasteiger partial charge in [0.25, 0.3) is 0 Å². The molecule has 0 aliphatic rings. The molecule has 16 heavy (non-hydrogen) atoms. The molecule has 0 atom stereocenters. The molecule has 2 aromatic rings. The highest BCUT2D eigenvalue weighted by atomic mass is 35.5. The molecule has 4 nitrogen and oxygen atoms in total. The molecule has 1 heterocycles. The second kappa shape index (κ2) is 5.01. The van der Waals surface area contributed by atoms with Crippen LogP contribution in [0.3, 0.4) is 0 Å². The highest BCUT2D eigenvalue weighted by Gasteiger charge is 2.07. The standard InChI is InChI=1S/C10H10Cl2N2O2/c11-6-3-7(12)10-8(4-6)13-9(14-10)5-16-2-1-15/h3-4,15H,1-2,5H2,(H,13,14). The van der Waals surface area contributed by atoms with Gasteiger partial charge in [0.1, 0.15) is 17.9 Å². The number of aliphatic hydroxyl groups excluding tert-OH is 1. The van der Waals surface area contributed by atoms with Crippen LogP contribution in [0.5, 0.6) is 0 Å². The third-order valence-corrected chi connectivity index (χ3v) is 2.53. The zero-order chi connectivity index (χ0) is 11.5. The lowest BCUT2D eigenvalue weighted by atomic mass is 10.3. The van der Waals surface area contributed by atoms with E-state index < -0.39 is 0 Å². The number of H-pyrrole nitrogens is 1. The zero-order valence-electron chi connectivity index (χ0n) is 8.33. The highest BCUT2D eigenvalue weighted by Crippen LogP contribution is 2.26. The maximum Gasteiger partial charge on any atom is 0.133 e. The Morgan fingerprint density at radius 3 is 2.94 bits per heavy atom. The molecule has 0 unspecified atom stereocenters. The first-order valence-corrected chi connectivity index (χ1v) is 5.48. The topological polar surface area (TPSA) is 58.1 Å². The van der Waals surface area contributed by atoms with Gasteiger partial charge in [-0.25, -0.2) is 4.98 Å². The molecule has 1 aromatic heterocycles. The van der Waals surface area contributed by atoms with Crippen molar-refractivity contribution in [3.05, 3.63) is 28.0 Å². The van der Waals surface area contributed by atoms with Crippen molar-refractivity contribution in [2.75, 3.05) is 13.2 Å². The average Bonchev–Trinajstić information content (AvgIpc) is 2.61. The normalized spacial score (nSPS) is 11.2. The van der Waals surface area contributed by atoms with E-state index in [1.165, 1.54) is 0 Å². The first-order chi connectivity index (χ1) is 7.70. The lowest BCUT2D eigenvalue weighted by Gasteiger charge is -1.96. The fourth-order valence-electron chi connectivity index (χ4n) is 1.40. The number of aromatic nitrogens is 2. The van der Waals surface area contributed by atoms with Gasteiger partial charge in [-0.1, -0.05) is 23.2 Å². The van der Waals surface area contributed by atoms with Gasteiger partial charge in [0, 0.05) is 5.02 Å². The molecule has 0 spiro atoms. The first-order valence-electron chi connectivity index (χ1n) is 4.73. The number of aromatic amines is 1. The van der Waals surface area contributed by atoms with Gasteiger partial charge in [-0.3, -0.25) is 0 Å². The number of aliphatic hydroxyl groups is 1. The number of halogens is 2. The van der Waals surface area contributed by atoms with Gasteiger partial charge in [0.15, 0.2) is 0 Å². The number of nitrogens with one attached hydrogen (secondary N) is 1. The van der Waals surface area contributed by atoms with Crippen LogP contribution in [-0.4, -0.2) is 28.3 Å². The summed E-state index contributed by atoms with van der Waals surface area (Å²) in [7, 11) is 0. The third-order valence-electron chi connectivity index (χ3n) is 2.03. The third kappa shape index (κ3) is 2.47. The van der Waals surface area contributed by atoms with Crippen LogP contribution in [0.2, 0.25) is 10.0 Å². The number of hydrogen-bond acceptors (Lipinski definition) is 3. The molecule has 0 bridgehead atoms. The van der Waals surface area contributed by atoms with E-state index in [4.69, 9.17) is 33.0 Å². The molecule has 6 heteroatoms. The summed E-state index contributed by atoms with van der Waals surface area (Å²) in [4.78, 5) is 7.32. The van der Waals surface area contributed by atoms with Gasteiger partial charge in [-0.2, -0.15) is 0 Å². The van der Waals surface area contributed by atoms with Crippen LogP contribution in [0.25, 0.3) is 11.0 Å². The van der Waals surface area contributed by atoms with Crippen LogP contribution in [0.1, 0.15) is 5.82 Å². The minimum atomic E-state index is -0.00713. The number of hydrogen-bond donors (Lipinski definition) is 2. The van der Waals surface area contributed by atoms with E-state index in [9.17, 15) is 0 Å². The van der Waals surface area contributed by atoms with Crippen LogP contribution in [0.15, 0.2) is 12.1 Å². The summed E-state index contributed by atoms with van der Waals surface area (Å²) in [6.07, 6.45) is 0. The maximum absolute atomic E-state index is 8.57. The molecule has 0 aliphatic carbocycles. The van der Waals surface area contributed by atoms with Gasteiger partial charge < -0.3 is 14.8 Å². The Balaban J connectivity index is 2.26. The Morgan fingerprint density at radius 1 is 1.38 bits per heavy atom. The molecular weight excluding hydrogens is 251 g/mol. The Kier molecular flexibility index (Phi) is 3.66. The molecule has 0 fully saturated rings. The number of ether oxygens (including phenoxy) is 1. The van der Waals surface area contributed by atoms with Crippen LogP contribution in [0, 0.1) is 0 Å². The predicted molar refractivity (Wildman–Crippen MR) is 62.9 cm³/mol. The minimum Gasteiger partial charge on any atom is -0.394 e. The van der Waals surface area contributed by atoms with Gasteiger partial charge in [-0.05, 0) is 12.1 Å². The van der Waals surface area contributed by atoms with Crippen LogP contribution in [0.4, 0.5) is 0 Å². The minimum absolute atomic E-state index is 0.00713. The number of fused-ring (bicyclic) bond motifs is 1. The van der Waals surface area contributed by atoms with Gasteiger partial charge >= 0.3 is 0 Å². The fourth-order valence-corrected chi connectivity index (χ4v) is 1.93. The Labute approximate surface area is 102 Å². The lowest BCUT2D eigenvalue weighted by Crippen LogP contribution is -2.00. The van der Waals surface area contributed by atoms with Crippen LogP contribution >= 0.6 is 23.2 Å². The summed E-state index contributed by atoms with van der Waals surface area (Å²) >= 11 is 11.9. The first kappa shape index (κ1) is 11.7. The summed E-state index contributed by atoms with van der Waals surface area (Å²) in [6, 6.07) is 3.40. The lowest BCUT2D eigenvalue weighted by molar-refractivity contribution is 0.0782. The molecule has 86 valence electrons. The average molecular weight is 261 g/mol. The largest absolute Gasteiger partial charge is 0.394 e. The molecule has 0 aliphatic heterocycles. The van der Waals surface area contributed by atoms with E-state index in [2.05, 4.69) is 9.97 Å². The Hall–Kier alpha value is -0.810. The van der Waals surface area contributed by atoms with Crippen molar-refractivity contribution in [2.24, 2.45) is 0 Å². The molecule has 0 saturated carbocycles. The highest BCUT2D eigenvalue weighted by molar-refractivity contribution is 6.38. The number of rotatable bonds is 4. The van der Waals surface area contributed by atoms with Gasteiger partial charge in [0.2, 0.25) is 0 Å². The molecular formula is C10H10Cl2N2O2. The van der Waals surface area contributed by atoms with Gasteiger partial charge in [-0.15, -0.1) is 0 Å². The molecule has 0 amide bonds. The number of benzene rings is 1. The van der Waals surface area contributed by atoms with E-state index in [1.54, 1.807) is 12.1 Å². The van der Waals surface area contributed by atoms with E-state index in [0.717, 1.165) is 5.52 Å². The second-order valence-electron chi connectivity index (χ2n) is 3.24. The molecule has 0 saturated heterocycles. The van der Waals surface area contributed by atoms with Gasteiger partial charge in [0.05, 0.1) is 23.8 Å². The second-order valence-corrected chi connectivity index (χ2v) is 4.09. The SMILES string of the molecule is OCCOCc1nc2c(Cl)cc(Cl)cc2[nH]1. The zero-order valence-corrected chi connectivity index (χ0v) is 9.85. The van der Waals surface area contributed by atoms with Crippen molar-refractivity contribution in [3.8, 4) is 0 Å². The quantitative estimate of drug-likeness (QED) is 0.831. The number of nitrogens with zero attached hydrogens (tertiary/aromatic N) is 1. The van der Waals surface area contributed by atoms with E-state index >= 15 is 0 Å². The summed E-state index contributed by atoms with van der Waals surface area (Å²) in [5.41, 5.74) is 1.45. The molecule has 2 N–H and O–H groups in total. The predicted octanol–water partition coefficient (Wildman–Crippen LogP) is 2.38. The summed E-state index contributed by atoms with van der Waals surface area (Å²) in [6.45, 7) is 0.585. The van der Waals surface area contributed by atoms with E-state index in [-0.39, 0.29) is 13.2 Å². The summed E-state index contributed by atoms with van der Waals surface area (Å²) in [5.74, 6) is 0.660. The van der Waals surface area contributed by atoms with Crippen LogP contribution < -0.4 is 0 Å². The van der Waals surface area contributed by atoms with Crippen molar-refractivity contribution in [2.45, 2.75) is 6.61 Å².